The van der Waals surface area contributed by atoms with Crippen LogP contribution in [0.25, 0.3) is 0 Å². The summed E-state index contributed by atoms with van der Waals surface area (Å²) >= 11 is 0. The van der Waals surface area contributed by atoms with E-state index in [0.717, 1.165) is 30.5 Å². The summed E-state index contributed by atoms with van der Waals surface area (Å²) in [7, 11) is 0. The van der Waals surface area contributed by atoms with Gasteiger partial charge in [0.1, 0.15) is 0 Å². The lowest BCUT2D eigenvalue weighted by atomic mass is 10.0. The van der Waals surface area contributed by atoms with Crippen LogP contribution < -0.4 is 11.1 Å². The van der Waals surface area contributed by atoms with Crippen molar-refractivity contribution in [2.45, 2.75) is 31.2 Å². The number of rotatable bonds is 2. The third-order valence-electron chi connectivity index (χ3n) is 3.29. The van der Waals surface area contributed by atoms with E-state index in [1.807, 2.05) is 12.1 Å². The summed E-state index contributed by atoms with van der Waals surface area (Å²) in [5.74, 6) is 0.0966. The van der Waals surface area contributed by atoms with E-state index in [2.05, 4.69) is 11.4 Å². The number of nitrogens with one attached hydrogen (secondary N) is 1. The van der Waals surface area contributed by atoms with E-state index in [1.165, 1.54) is 5.56 Å². The minimum absolute atomic E-state index is 0.00242. The van der Waals surface area contributed by atoms with Crippen molar-refractivity contribution in [1.82, 2.24) is 0 Å². The maximum Gasteiger partial charge on any atom is 0.228 e. The Bertz CT molecular complexity index is 435. The van der Waals surface area contributed by atoms with Crippen LogP contribution in [0.4, 0.5) is 5.69 Å². The average Bonchev–Trinajstić information content (AvgIpc) is 2.76. The van der Waals surface area contributed by atoms with Crippen LogP contribution in [0, 0.1) is 0 Å². The second-order valence-corrected chi connectivity index (χ2v) is 4.72. The van der Waals surface area contributed by atoms with E-state index in [1.54, 1.807) is 0 Å². The summed E-state index contributed by atoms with van der Waals surface area (Å²) in [5.41, 5.74) is 9.42. The first-order valence-electron chi connectivity index (χ1n) is 5.36. The molecule has 0 aromatic heterocycles. The molecule has 1 heterocycles. The molecule has 0 unspecified atom stereocenters. The van der Waals surface area contributed by atoms with Crippen molar-refractivity contribution in [3.05, 3.63) is 29.3 Å². The van der Waals surface area contributed by atoms with Gasteiger partial charge in [0.2, 0.25) is 5.91 Å². The van der Waals surface area contributed by atoms with Gasteiger partial charge in [-0.05, 0) is 30.4 Å². The molecule has 1 aromatic carbocycles. The number of anilines is 1. The first-order chi connectivity index (χ1) is 7.16. The molecule has 0 spiro atoms. The zero-order valence-electron chi connectivity index (χ0n) is 8.55. The van der Waals surface area contributed by atoms with Gasteiger partial charge >= 0.3 is 0 Å². The Labute approximate surface area is 88.7 Å². The third kappa shape index (κ3) is 1.53. The highest BCUT2D eigenvalue weighted by atomic mass is 16.1. The van der Waals surface area contributed by atoms with Crippen molar-refractivity contribution < 1.29 is 4.79 Å². The van der Waals surface area contributed by atoms with E-state index in [9.17, 15) is 4.79 Å². The average molecular weight is 202 g/mol. The molecule has 3 heteroatoms. The predicted molar refractivity (Wildman–Crippen MR) is 58.6 cm³/mol. The Morgan fingerprint density at radius 2 is 2.20 bits per heavy atom. The van der Waals surface area contributed by atoms with E-state index in [4.69, 9.17) is 5.73 Å². The van der Waals surface area contributed by atoms with Gasteiger partial charge in [-0.2, -0.15) is 0 Å². The van der Waals surface area contributed by atoms with Gasteiger partial charge in [-0.1, -0.05) is 18.2 Å². The maximum absolute atomic E-state index is 11.3. The van der Waals surface area contributed by atoms with Crippen LogP contribution >= 0.6 is 0 Å². The van der Waals surface area contributed by atoms with E-state index >= 15 is 0 Å². The lowest BCUT2D eigenvalue weighted by molar-refractivity contribution is -0.115. The first-order valence-corrected chi connectivity index (χ1v) is 5.36. The Morgan fingerprint density at radius 3 is 2.93 bits per heavy atom. The van der Waals surface area contributed by atoms with Crippen molar-refractivity contribution in [3.63, 3.8) is 0 Å². The molecule has 1 aliphatic heterocycles. The molecule has 3 N–H and O–H groups in total. The molecule has 15 heavy (non-hydrogen) atoms. The predicted octanol–water partition coefficient (Wildman–Crippen LogP) is 1.22. The summed E-state index contributed by atoms with van der Waals surface area (Å²) in [5, 5.41) is 2.92. The molecule has 0 radical (unpaired) electrons. The fourth-order valence-electron chi connectivity index (χ4n) is 2.18. The van der Waals surface area contributed by atoms with Crippen LogP contribution in [-0.2, 0) is 17.6 Å². The smallest absolute Gasteiger partial charge is 0.228 e. The Hall–Kier alpha value is -1.35. The summed E-state index contributed by atoms with van der Waals surface area (Å²) in [6.07, 6.45) is 3.60. The molecule has 1 saturated carbocycles. The highest BCUT2D eigenvalue weighted by molar-refractivity contribution is 6.00. The molecule has 1 aliphatic carbocycles. The number of benzene rings is 1. The van der Waals surface area contributed by atoms with Gasteiger partial charge in [-0.15, -0.1) is 0 Å². The number of nitrogens with two attached hydrogens (primary N) is 1. The van der Waals surface area contributed by atoms with Crippen LogP contribution in [0.2, 0.25) is 0 Å². The zero-order chi connectivity index (χ0) is 10.5. The molecule has 0 bridgehead atoms. The fourth-order valence-corrected chi connectivity index (χ4v) is 2.18. The SMILES string of the molecule is NC1(Cc2cccc3c2NC(=O)C3)CC1. The monoisotopic (exact) mass is 202 g/mol. The molecule has 1 fully saturated rings. The van der Waals surface area contributed by atoms with E-state index < -0.39 is 0 Å². The third-order valence-corrected chi connectivity index (χ3v) is 3.29. The van der Waals surface area contributed by atoms with Crippen LogP contribution in [0.15, 0.2) is 18.2 Å². The second kappa shape index (κ2) is 2.83. The molecule has 1 aromatic rings. The van der Waals surface area contributed by atoms with Gasteiger partial charge in [0.15, 0.2) is 0 Å². The van der Waals surface area contributed by atoms with E-state index in [0.29, 0.717) is 6.42 Å². The molecular formula is C12H14N2O. The lowest BCUT2D eigenvalue weighted by Crippen LogP contribution is -2.25. The number of para-hydroxylation sites is 1. The lowest BCUT2D eigenvalue weighted by Gasteiger charge is -2.12. The number of amides is 1. The topological polar surface area (TPSA) is 55.1 Å². The summed E-state index contributed by atoms with van der Waals surface area (Å²) < 4.78 is 0. The van der Waals surface area contributed by atoms with Crippen molar-refractivity contribution >= 4 is 11.6 Å². The van der Waals surface area contributed by atoms with Crippen LogP contribution in [-0.4, -0.2) is 11.4 Å². The van der Waals surface area contributed by atoms with Crippen molar-refractivity contribution in [2.24, 2.45) is 5.73 Å². The molecule has 3 rings (SSSR count). The summed E-state index contributed by atoms with van der Waals surface area (Å²) in [4.78, 5) is 11.3. The van der Waals surface area contributed by atoms with Crippen LogP contribution in [0.3, 0.4) is 0 Å². The Balaban J connectivity index is 1.95. The van der Waals surface area contributed by atoms with Gasteiger partial charge in [0.25, 0.3) is 0 Å². The van der Waals surface area contributed by atoms with Crippen molar-refractivity contribution in [2.75, 3.05) is 5.32 Å². The molecule has 3 nitrogen and oxygen atoms in total. The Kier molecular flexibility index (Phi) is 1.68. The zero-order valence-corrected chi connectivity index (χ0v) is 8.55. The van der Waals surface area contributed by atoms with Gasteiger partial charge in [-0.3, -0.25) is 4.79 Å². The highest BCUT2D eigenvalue weighted by Gasteiger charge is 2.39. The van der Waals surface area contributed by atoms with Crippen LogP contribution in [0.5, 0.6) is 0 Å². The number of hydrogen-bond donors (Lipinski definition) is 2. The number of fused-ring (bicyclic) bond motifs is 1. The molecule has 1 amide bonds. The standard InChI is InChI=1S/C12H14N2O/c13-12(4-5-12)7-9-3-1-2-8-6-10(15)14-11(8)9/h1-3H,4-7,13H2,(H,14,15). The van der Waals surface area contributed by atoms with E-state index in [-0.39, 0.29) is 11.4 Å². The summed E-state index contributed by atoms with van der Waals surface area (Å²) in [6, 6.07) is 6.09. The van der Waals surface area contributed by atoms with Gasteiger partial charge in [-0.25, -0.2) is 0 Å². The number of carbonyl (C=O) groups is 1. The van der Waals surface area contributed by atoms with Crippen molar-refractivity contribution in [1.29, 1.82) is 0 Å². The molecule has 2 aliphatic rings. The largest absolute Gasteiger partial charge is 0.325 e. The van der Waals surface area contributed by atoms with Gasteiger partial charge in [0, 0.05) is 11.2 Å². The maximum atomic E-state index is 11.3. The minimum Gasteiger partial charge on any atom is -0.325 e. The highest BCUT2D eigenvalue weighted by Crippen LogP contribution is 2.38. The summed E-state index contributed by atoms with van der Waals surface area (Å²) in [6.45, 7) is 0. The fraction of sp³-hybridized carbons (Fsp3) is 0.417. The van der Waals surface area contributed by atoms with Gasteiger partial charge < -0.3 is 11.1 Å². The van der Waals surface area contributed by atoms with Crippen molar-refractivity contribution in [3.8, 4) is 0 Å². The first kappa shape index (κ1) is 8.92. The quantitative estimate of drug-likeness (QED) is 0.757. The molecule has 0 saturated heterocycles. The second-order valence-electron chi connectivity index (χ2n) is 4.72. The van der Waals surface area contributed by atoms with Crippen LogP contribution in [0.1, 0.15) is 24.0 Å². The molecular weight excluding hydrogens is 188 g/mol. The number of hydrogen-bond acceptors (Lipinski definition) is 2. The normalized spacial score (nSPS) is 21.0. The molecule has 78 valence electrons. The number of carbonyl (C=O) groups excluding carboxylic acids is 1. The molecule has 0 atom stereocenters. The Morgan fingerprint density at radius 1 is 1.40 bits per heavy atom. The minimum atomic E-state index is 0.00242. The van der Waals surface area contributed by atoms with Gasteiger partial charge in [0.05, 0.1) is 6.42 Å².